The molecule has 0 spiro atoms. The van der Waals surface area contributed by atoms with Crippen LogP contribution in [0, 0.1) is 0 Å². The van der Waals surface area contributed by atoms with Crippen LogP contribution in [0.1, 0.15) is 82.1 Å². The minimum Gasteiger partial charge on any atom is -0.375 e. The summed E-state index contributed by atoms with van der Waals surface area (Å²) in [4.78, 5) is 0. The molecule has 0 amide bonds. The van der Waals surface area contributed by atoms with Gasteiger partial charge in [0.1, 0.15) is 0 Å². The molecule has 0 aliphatic rings. The Morgan fingerprint density at radius 1 is 0.750 bits per heavy atom. The zero-order valence-electron chi connectivity index (χ0n) is 18.6. The van der Waals surface area contributed by atoms with Crippen LogP contribution < -0.4 is 10.6 Å². The van der Waals surface area contributed by atoms with Crippen molar-refractivity contribution in [3.8, 4) is 0 Å². The predicted molar refractivity (Wildman–Crippen MR) is 109 cm³/mol. The normalized spacial score (nSPS) is 11.5. The molecule has 24 heavy (non-hydrogen) atoms. The number of hydrogen-bond donors (Lipinski definition) is 2. The van der Waals surface area contributed by atoms with E-state index in [1.807, 2.05) is 34.7 Å². The van der Waals surface area contributed by atoms with Gasteiger partial charge in [0.2, 0.25) is 0 Å². The molecule has 0 atom stereocenters. The van der Waals surface area contributed by atoms with Gasteiger partial charge in [0, 0.05) is 12.6 Å². The summed E-state index contributed by atoms with van der Waals surface area (Å²) in [5.41, 5.74) is -0.198. The van der Waals surface area contributed by atoms with Crippen molar-refractivity contribution in [2.24, 2.45) is 0 Å². The first-order valence-corrected chi connectivity index (χ1v) is 9.84. The lowest BCUT2D eigenvalue weighted by molar-refractivity contribution is -0.0732. The molecule has 0 fully saturated rings. The summed E-state index contributed by atoms with van der Waals surface area (Å²) in [6, 6.07) is 0.512. The van der Waals surface area contributed by atoms with Crippen molar-refractivity contribution in [3.05, 3.63) is 0 Å². The van der Waals surface area contributed by atoms with Gasteiger partial charge in [-0.05, 0) is 54.1 Å². The Balaban J connectivity index is -0.00000102. The first-order chi connectivity index (χ1) is 11.2. The van der Waals surface area contributed by atoms with Crippen LogP contribution >= 0.6 is 0 Å². The maximum atomic E-state index is 5.98. The molecule has 0 aromatic carbocycles. The Labute approximate surface area is 153 Å². The second kappa shape index (κ2) is 17.7. The van der Waals surface area contributed by atoms with Crippen LogP contribution in [-0.4, -0.2) is 50.6 Å². The standard InChI is InChI=1S/C16H36N2O2.2C2H6/c1-14(2)18-11-13-20-16(5,6)9-12-19-15(3,4)8-10-17-7;2*1-2/h14,17-18H,8-13H2,1-7H3;2*1-2H3. The molecule has 4 heteroatoms. The van der Waals surface area contributed by atoms with E-state index in [0.29, 0.717) is 6.04 Å². The predicted octanol–water partition coefficient (Wildman–Crippen LogP) is 4.63. The molecule has 0 bridgehead atoms. The first-order valence-electron chi connectivity index (χ1n) is 9.84. The second-order valence-electron chi connectivity index (χ2n) is 6.93. The number of hydrogen-bond acceptors (Lipinski definition) is 4. The lowest BCUT2D eigenvalue weighted by Gasteiger charge is -2.30. The van der Waals surface area contributed by atoms with E-state index in [-0.39, 0.29) is 11.2 Å². The van der Waals surface area contributed by atoms with E-state index in [9.17, 15) is 0 Å². The monoisotopic (exact) mass is 348 g/mol. The van der Waals surface area contributed by atoms with E-state index in [1.54, 1.807) is 0 Å². The van der Waals surface area contributed by atoms with Crippen molar-refractivity contribution >= 4 is 0 Å². The van der Waals surface area contributed by atoms with E-state index >= 15 is 0 Å². The van der Waals surface area contributed by atoms with Gasteiger partial charge < -0.3 is 20.1 Å². The Morgan fingerprint density at radius 3 is 1.67 bits per heavy atom. The minimum absolute atomic E-state index is 0.0711. The molecule has 0 unspecified atom stereocenters. The van der Waals surface area contributed by atoms with Gasteiger partial charge in [0.25, 0.3) is 0 Å². The maximum absolute atomic E-state index is 5.98. The Bertz CT molecular complexity index is 242. The highest BCUT2D eigenvalue weighted by molar-refractivity contribution is 4.73. The van der Waals surface area contributed by atoms with E-state index in [2.05, 4.69) is 52.2 Å². The van der Waals surface area contributed by atoms with Crippen molar-refractivity contribution in [2.45, 2.75) is 99.3 Å². The molecule has 0 aliphatic carbocycles. The molecule has 150 valence electrons. The summed E-state index contributed by atoms with van der Waals surface area (Å²) >= 11 is 0. The van der Waals surface area contributed by atoms with Gasteiger partial charge in [-0.3, -0.25) is 0 Å². The van der Waals surface area contributed by atoms with Crippen LogP contribution in [0.25, 0.3) is 0 Å². The number of rotatable bonds is 12. The third-order valence-electron chi connectivity index (χ3n) is 3.32. The Kier molecular flexibility index (Phi) is 21.1. The summed E-state index contributed by atoms with van der Waals surface area (Å²) < 4.78 is 11.9. The smallest absolute Gasteiger partial charge is 0.0649 e. The second-order valence-corrected chi connectivity index (χ2v) is 6.93. The summed E-state index contributed by atoms with van der Waals surface area (Å²) in [5.74, 6) is 0. The van der Waals surface area contributed by atoms with Gasteiger partial charge in [-0.15, -0.1) is 0 Å². The topological polar surface area (TPSA) is 42.5 Å². The molecule has 0 saturated heterocycles. The fourth-order valence-electron chi connectivity index (χ4n) is 1.82. The first kappa shape index (κ1) is 28.6. The molecule has 0 aromatic rings. The maximum Gasteiger partial charge on any atom is 0.0649 e. The van der Waals surface area contributed by atoms with Gasteiger partial charge >= 0.3 is 0 Å². The minimum atomic E-state index is -0.127. The molecular weight excluding hydrogens is 300 g/mol. The Morgan fingerprint density at radius 2 is 1.21 bits per heavy atom. The zero-order valence-corrected chi connectivity index (χ0v) is 18.6. The molecule has 2 N–H and O–H groups in total. The molecule has 0 rings (SSSR count). The third kappa shape index (κ3) is 21.8. The summed E-state index contributed by atoms with van der Waals surface area (Å²) in [6.45, 7) is 24.2. The highest BCUT2D eigenvalue weighted by Crippen LogP contribution is 2.19. The molecule has 0 saturated carbocycles. The van der Waals surface area contributed by atoms with Crippen molar-refractivity contribution in [2.75, 3.05) is 33.4 Å². The highest BCUT2D eigenvalue weighted by atomic mass is 16.5. The molecule has 0 aromatic heterocycles. The molecule has 0 aliphatic heterocycles. The molecule has 0 heterocycles. The van der Waals surface area contributed by atoms with E-state index < -0.39 is 0 Å². The van der Waals surface area contributed by atoms with E-state index in [4.69, 9.17) is 9.47 Å². The number of nitrogens with one attached hydrogen (secondary N) is 2. The largest absolute Gasteiger partial charge is 0.375 e. The van der Waals surface area contributed by atoms with E-state index in [1.165, 1.54) is 0 Å². The van der Waals surface area contributed by atoms with Crippen molar-refractivity contribution in [3.63, 3.8) is 0 Å². The van der Waals surface area contributed by atoms with Crippen molar-refractivity contribution in [1.82, 2.24) is 10.6 Å². The van der Waals surface area contributed by atoms with Gasteiger partial charge in [-0.2, -0.15) is 0 Å². The average molecular weight is 349 g/mol. The fraction of sp³-hybridized carbons (Fsp3) is 1.00. The van der Waals surface area contributed by atoms with Crippen LogP contribution in [0.2, 0.25) is 0 Å². The SMILES string of the molecule is CC.CC.CNCCC(C)(C)OCCC(C)(C)OCCNC(C)C. The molecule has 4 nitrogen and oxygen atoms in total. The number of ether oxygens (including phenoxy) is 2. The van der Waals surface area contributed by atoms with Gasteiger partial charge in [-0.25, -0.2) is 0 Å². The lowest BCUT2D eigenvalue weighted by Crippen LogP contribution is -2.35. The van der Waals surface area contributed by atoms with Crippen LogP contribution in [0.3, 0.4) is 0 Å². The van der Waals surface area contributed by atoms with Crippen LogP contribution in [-0.2, 0) is 9.47 Å². The van der Waals surface area contributed by atoms with Crippen molar-refractivity contribution < 1.29 is 9.47 Å². The quantitative estimate of drug-likeness (QED) is 0.505. The van der Waals surface area contributed by atoms with Gasteiger partial charge in [0.15, 0.2) is 0 Å². The lowest BCUT2D eigenvalue weighted by atomic mass is 10.0. The van der Waals surface area contributed by atoms with E-state index in [0.717, 1.165) is 39.1 Å². The fourth-order valence-corrected chi connectivity index (χ4v) is 1.82. The summed E-state index contributed by atoms with van der Waals surface area (Å²) in [7, 11) is 1.97. The molecular formula is C20H48N2O2. The molecule has 0 radical (unpaired) electrons. The zero-order chi connectivity index (χ0) is 19.6. The third-order valence-corrected chi connectivity index (χ3v) is 3.32. The highest BCUT2D eigenvalue weighted by Gasteiger charge is 2.22. The van der Waals surface area contributed by atoms with Crippen molar-refractivity contribution in [1.29, 1.82) is 0 Å². The van der Waals surface area contributed by atoms with Gasteiger partial charge in [-0.1, -0.05) is 41.5 Å². The van der Waals surface area contributed by atoms with Crippen LogP contribution in [0.4, 0.5) is 0 Å². The average Bonchev–Trinajstić information content (AvgIpc) is 2.53. The summed E-state index contributed by atoms with van der Waals surface area (Å²) in [6.07, 6.45) is 1.93. The van der Waals surface area contributed by atoms with Crippen LogP contribution in [0.15, 0.2) is 0 Å². The van der Waals surface area contributed by atoms with Gasteiger partial charge in [0.05, 0.1) is 24.4 Å². The van der Waals surface area contributed by atoms with Crippen LogP contribution in [0.5, 0.6) is 0 Å². The summed E-state index contributed by atoms with van der Waals surface area (Å²) in [5, 5.41) is 6.52. The Hall–Kier alpha value is -0.160.